The molecule has 29 heavy (non-hydrogen) atoms. The molecule has 2 aromatic rings. The summed E-state index contributed by atoms with van der Waals surface area (Å²) in [5.74, 6) is 0.270. The summed E-state index contributed by atoms with van der Waals surface area (Å²) in [6.45, 7) is 5.47. The van der Waals surface area contributed by atoms with Crippen molar-refractivity contribution in [1.29, 1.82) is 0 Å². The van der Waals surface area contributed by atoms with E-state index in [-0.39, 0.29) is 18.1 Å². The molecule has 0 saturated heterocycles. The third-order valence-corrected chi connectivity index (χ3v) is 4.27. The predicted molar refractivity (Wildman–Crippen MR) is 114 cm³/mol. The summed E-state index contributed by atoms with van der Waals surface area (Å²) in [4.78, 5) is 24.7. The van der Waals surface area contributed by atoms with Crippen LogP contribution in [-0.4, -0.2) is 43.8 Å². The number of rotatable bonds is 10. The Morgan fingerprint density at radius 1 is 1.24 bits per heavy atom. The van der Waals surface area contributed by atoms with Crippen LogP contribution >= 0.6 is 0 Å². The van der Waals surface area contributed by atoms with Gasteiger partial charge in [0.1, 0.15) is 5.75 Å². The molecule has 1 amide bonds. The molecule has 0 aromatic heterocycles. The van der Waals surface area contributed by atoms with Gasteiger partial charge in [0.2, 0.25) is 0 Å². The Bertz CT molecular complexity index is 881. The Morgan fingerprint density at radius 2 is 1.97 bits per heavy atom. The van der Waals surface area contributed by atoms with Crippen molar-refractivity contribution in [2.75, 3.05) is 37.0 Å². The normalized spacial score (nSPS) is 10.6. The zero-order valence-corrected chi connectivity index (χ0v) is 16.7. The number of ether oxygens (including phenoxy) is 1. The number of amides is 1. The maximum Gasteiger partial charge on any atom is 0.270 e. The van der Waals surface area contributed by atoms with E-state index in [1.165, 1.54) is 18.3 Å². The lowest BCUT2D eigenvalue weighted by Gasteiger charge is -2.22. The zero-order valence-electron chi connectivity index (χ0n) is 16.7. The van der Waals surface area contributed by atoms with Gasteiger partial charge in [-0.2, -0.15) is 5.10 Å². The number of hydrazone groups is 1. The molecule has 2 rings (SSSR count). The molecule has 9 heteroatoms. The van der Waals surface area contributed by atoms with E-state index < -0.39 is 4.92 Å². The molecule has 0 spiro atoms. The molecule has 0 fully saturated rings. The van der Waals surface area contributed by atoms with Crippen LogP contribution in [0.2, 0.25) is 0 Å². The topological polar surface area (TPSA) is 109 Å². The van der Waals surface area contributed by atoms with E-state index in [0.29, 0.717) is 17.0 Å². The summed E-state index contributed by atoms with van der Waals surface area (Å²) in [5, 5.41) is 18.0. The minimum atomic E-state index is -0.459. The van der Waals surface area contributed by atoms with Gasteiger partial charge < -0.3 is 15.0 Å². The second-order valence-corrected chi connectivity index (χ2v) is 6.02. The average molecular weight is 399 g/mol. The first-order chi connectivity index (χ1) is 14.0. The molecule has 0 heterocycles. The lowest BCUT2D eigenvalue weighted by atomic mass is 10.1. The molecular formula is C20H25N5O4. The summed E-state index contributed by atoms with van der Waals surface area (Å²) in [7, 11) is 1.55. The van der Waals surface area contributed by atoms with Gasteiger partial charge in [0.05, 0.1) is 30.5 Å². The molecule has 0 aliphatic carbocycles. The number of nitro benzene ring substituents is 1. The van der Waals surface area contributed by atoms with Gasteiger partial charge in [-0.25, -0.2) is 5.43 Å². The third-order valence-electron chi connectivity index (χ3n) is 4.27. The number of non-ortho nitro benzene ring substituents is 1. The number of hydrogen-bond acceptors (Lipinski definition) is 7. The van der Waals surface area contributed by atoms with Gasteiger partial charge in [-0.3, -0.25) is 14.9 Å². The van der Waals surface area contributed by atoms with Crippen molar-refractivity contribution in [3.05, 3.63) is 58.1 Å². The van der Waals surface area contributed by atoms with Gasteiger partial charge in [-0.1, -0.05) is 12.1 Å². The van der Waals surface area contributed by atoms with Crippen LogP contribution in [0.25, 0.3) is 0 Å². The van der Waals surface area contributed by atoms with Crippen molar-refractivity contribution in [1.82, 2.24) is 5.43 Å². The SMILES string of the molecule is CCN(CC)c1ccc([N+](=O)[O-])cc1/C=N\NC(=O)CNc1ccccc1OC. The fourth-order valence-electron chi connectivity index (χ4n) is 2.79. The number of carbonyl (C=O) groups is 1. The minimum absolute atomic E-state index is 0.00441. The summed E-state index contributed by atoms with van der Waals surface area (Å²) in [6.07, 6.45) is 1.42. The van der Waals surface area contributed by atoms with Crippen LogP contribution < -0.4 is 20.4 Å². The van der Waals surface area contributed by atoms with Crippen LogP contribution in [0.4, 0.5) is 17.1 Å². The number of para-hydroxylation sites is 2. The molecule has 0 radical (unpaired) electrons. The number of nitrogens with zero attached hydrogens (tertiary/aromatic N) is 3. The van der Waals surface area contributed by atoms with Gasteiger partial charge >= 0.3 is 0 Å². The molecule has 0 saturated carbocycles. The minimum Gasteiger partial charge on any atom is -0.495 e. The highest BCUT2D eigenvalue weighted by atomic mass is 16.6. The van der Waals surface area contributed by atoms with E-state index in [9.17, 15) is 14.9 Å². The number of hydrogen-bond donors (Lipinski definition) is 2. The second-order valence-electron chi connectivity index (χ2n) is 6.02. The first kappa shape index (κ1) is 21.7. The quantitative estimate of drug-likeness (QED) is 0.361. The first-order valence-electron chi connectivity index (χ1n) is 9.22. The standard InChI is InChI=1S/C20H25N5O4/c1-4-24(5-2)18-11-10-16(25(27)28)12-15(18)13-22-23-20(26)14-21-17-8-6-7-9-19(17)29-3/h6-13,21H,4-5,14H2,1-3H3,(H,23,26)/b22-13-. The number of nitro groups is 1. The number of anilines is 2. The van der Waals surface area contributed by atoms with Crippen LogP contribution in [-0.2, 0) is 4.79 Å². The summed E-state index contributed by atoms with van der Waals surface area (Å²) in [5.41, 5.74) is 4.45. The van der Waals surface area contributed by atoms with Crippen molar-refractivity contribution in [3.63, 3.8) is 0 Å². The van der Waals surface area contributed by atoms with Crippen LogP contribution in [0.3, 0.4) is 0 Å². The van der Waals surface area contributed by atoms with Gasteiger partial charge in [0.15, 0.2) is 0 Å². The lowest BCUT2D eigenvalue weighted by Crippen LogP contribution is -2.26. The van der Waals surface area contributed by atoms with E-state index in [1.54, 1.807) is 25.3 Å². The molecule has 2 N–H and O–H groups in total. The van der Waals surface area contributed by atoms with Crippen molar-refractivity contribution < 1.29 is 14.5 Å². The summed E-state index contributed by atoms with van der Waals surface area (Å²) >= 11 is 0. The maximum absolute atomic E-state index is 12.1. The number of nitrogens with one attached hydrogen (secondary N) is 2. The Hall–Kier alpha value is -3.62. The average Bonchev–Trinajstić information content (AvgIpc) is 2.74. The highest BCUT2D eigenvalue weighted by Crippen LogP contribution is 2.24. The molecule has 0 aliphatic heterocycles. The summed E-state index contributed by atoms with van der Waals surface area (Å²) in [6, 6.07) is 11.8. The molecule has 0 bridgehead atoms. The van der Waals surface area contributed by atoms with Gasteiger partial charge in [-0.05, 0) is 32.0 Å². The molecule has 0 atom stereocenters. The molecule has 154 valence electrons. The van der Waals surface area contributed by atoms with Crippen LogP contribution in [0.5, 0.6) is 5.75 Å². The van der Waals surface area contributed by atoms with Crippen molar-refractivity contribution in [2.45, 2.75) is 13.8 Å². The molecule has 2 aromatic carbocycles. The number of benzene rings is 2. The van der Waals surface area contributed by atoms with Crippen molar-refractivity contribution >= 4 is 29.2 Å². The molecule has 9 nitrogen and oxygen atoms in total. The van der Waals surface area contributed by atoms with E-state index in [4.69, 9.17) is 4.74 Å². The van der Waals surface area contributed by atoms with E-state index in [0.717, 1.165) is 18.8 Å². The van der Waals surface area contributed by atoms with Crippen molar-refractivity contribution in [2.24, 2.45) is 5.10 Å². The van der Waals surface area contributed by atoms with Crippen LogP contribution in [0.1, 0.15) is 19.4 Å². The first-order valence-corrected chi connectivity index (χ1v) is 9.22. The van der Waals surface area contributed by atoms with E-state index >= 15 is 0 Å². The van der Waals surface area contributed by atoms with Gasteiger partial charge in [-0.15, -0.1) is 0 Å². The smallest absolute Gasteiger partial charge is 0.270 e. The Morgan fingerprint density at radius 3 is 2.62 bits per heavy atom. The Kier molecular flexibility index (Phi) is 7.96. The number of carbonyl (C=O) groups excluding carboxylic acids is 1. The highest BCUT2D eigenvalue weighted by molar-refractivity contribution is 5.90. The maximum atomic E-state index is 12.1. The Balaban J connectivity index is 2.07. The Labute approximate surface area is 169 Å². The molecule has 0 unspecified atom stereocenters. The zero-order chi connectivity index (χ0) is 21.2. The lowest BCUT2D eigenvalue weighted by molar-refractivity contribution is -0.384. The highest BCUT2D eigenvalue weighted by Gasteiger charge is 2.13. The fourth-order valence-corrected chi connectivity index (χ4v) is 2.79. The molecular weight excluding hydrogens is 374 g/mol. The predicted octanol–water partition coefficient (Wildman–Crippen LogP) is 3.01. The van der Waals surface area contributed by atoms with E-state index in [1.807, 2.05) is 26.0 Å². The van der Waals surface area contributed by atoms with Gasteiger partial charge in [0.25, 0.3) is 11.6 Å². The largest absolute Gasteiger partial charge is 0.495 e. The fraction of sp³-hybridized carbons (Fsp3) is 0.300. The second kappa shape index (κ2) is 10.6. The monoisotopic (exact) mass is 399 g/mol. The third kappa shape index (κ3) is 5.93. The summed E-state index contributed by atoms with van der Waals surface area (Å²) < 4.78 is 5.22. The van der Waals surface area contributed by atoms with Crippen molar-refractivity contribution in [3.8, 4) is 5.75 Å². The number of methoxy groups -OCH3 is 1. The molecule has 0 aliphatic rings. The van der Waals surface area contributed by atoms with Gasteiger partial charge in [0, 0.05) is 36.5 Å². The van der Waals surface area contributed by atoms with Crippen LogP contribution in [0, 0.1) is 10.1 Å². The van der Waals surface area contributed by atoms with Crippen LogP contribution in [0.15, 0.2) is 47.6 Å². The van der Waals surface area contributed by atoms with E-state index in [2.05, 4.69) is 20.7 Å².